The second kappa shape index (κ2) is 7.97. The Balaban J connectivity index is 2.08. The Bertz CT molecular complexity index is 939. The van der Waals surface area contributed by atoms with Crippen LogP contribution < -0.4 is 9.64 Å². The summed E-state index contributed by atoms with van der Waals surface area (Å²) in [5.74, 6) is -0.265. The minimum absolute atomic E-state index is 0.137. The van der Waals surface area contributed by atoms with Gasteiger partial charge in [-0.15, -0.1) is 11.8 Å². The molecule has 3 rings (SSSR count). The summed E-state index contributed by atoms with van der Waals surface area (Å²) < 4.78 is 5.14. The van der Waals surface area contributed by atoms with Crippen LogP contribution in [0.4, 0.5) is 5.69 Å². The predicted octanol–water partition coefficient (Wildman–Crippen LogP) is 5.43. The molecule has 0 unspecified atom stereocenters. The third-order valence-electron chi connectivity index (χ3n) is 3.92. The van der Waals surface area contributed by atoms with Gasteiger partial charge in [0.05, 0.1) is 28.3 Å². The van der Waals surface area contributed by atoms with Crippen LogP contribution in [0.25, 0.3) is 5.57 Å². The molecule has 0 aromatic heterocycles. The lowest BCUT2D eigenvalue weighted by molar-refractivity contribution is -0.119. The average molecular weight is 422 g/mol. The zero-order chi connectivity index (χ0) is 19.7. The topological polar surface area (TPSA) is 46.6 Å². The summed E-state index contributed by atoms with van der Waals surface area (Å²) in [5.41, 5.74) is 1.44. The molecule has 2 amide bonds. The lowest BCUT2D eigenvalue weighted by Gasteiger charge is -2.16. The molecule has 1 aliphatic rings. The molecule has 0 N–H and O–H groups in total. The molecule has 0 spiro atoms. The number of carbonyl (C=O) groups excluding carboxylic acids is 2. The highest BCUT2D eigenvalue weighted by Crippen LogP contribution is 2.41. The molecule has 1 heterocycles. The molecule has 2 aromatic carbocycles. The number of nitrogens with zero attached hydrogens (tertiary/aromatic N) is 1. The quantitative estimate of drug-likeness (QED) is 0.603. The molecular weight excluding hydrogens is 405 g/mol. The van der Waals surface area contributed by atoms with Crippen molar-refractivity contribution in [2.75, 3.05) is 12.0 Å². The Kier molecular flexibility index (Phi) is 5.84. The maximum absolute atomic E-state index is 13.2. The lowest BCUT2D eigenvalue weighted by atomic mass is 10.1. The number of carbonyl (C=O) groups is 2. The van der Waals surface area contributed by atoms with Gasteiger partial charge in [-0.3, -0.25) is 9.59 Å². The monoisotopic (exact) mass is 421 g/mol. The summed E-state index contributed by atoms with van der Waals surface area (Å²) in [6.45, 7) is 3.95. The number of hydrogen-bond acceptors (Lipinski definition) is 4. The number of methoxy groups -OCH3 is 1. The first kappa shape index (κ1) is 19.8. The second-order valence-corrected chi connectivity index (χ2v) is 8.57. The van der Waals surface area contributed by atoms with E-state index in [9.17, 15) is 9.59 Å². The van der Waals surface area contributed by atoms with E-state index in [1.165, 1.54) is 18.9 Å². The number of hydrogen-bond donors (Lipinski definition) is 0. The van der Waals surface area contributed by atoms with Crippen LogP contribution in [-0.4, -0.2) is 24.2 Å². The van der Waals surface area contributed by atoms with E-state index in [1.807, 2.05) is 13.8 Å². The van der Waals surface area contributed by atoms with Crippen molar-refractivity contribution >= 4 is 58.0 Å². The van der Waals surface area contributed by atoms with Gasteiger partial charge in [-0.05, 0) is 35.9 Å². The number of thioether (sulfide) groups is 1. The SMILES string of the molecule is COc1ccc(N2C(=O)C(SC(C)C)=C(c3ccc(Cl)cc3)C2=O)cc1Cl. The number of amides is 2. The highest BCUT2D eigenvalue weighted by molar-refractivity contribution is 8.04. The maximum Gasteiger partial charge on any atom is 0.272 e. The fourth-order valence-corrected chi connectivity index (χ4v) is 4.12. The Labute approximate surface area is 172 Å². The van der Waals surface area contributed by atoms with Crippen LogP contribution in [0.1, 0.15) is 19.4 Å². The van der Waals surface area contributed by atoms with Gasteiger partial charge in [-0.2, -0.15) is 0 Å². The summed E-state index contributed by atoms with van der Waals surface area (Å²) >= 11 is 13.5. The fourth-order valence-electron chi connectivity index (χ4n) is 2.75. The molecule has 7 heteroatoms. The standard InChI is InChI=1S/C20H17Cl2NO3S/c1-11(2)27-18-17(12-4-6-13(21)7-5-12)19(24)23(20(18)25)14-8-9-16(26-3)15(22)10-14/h4-11H,1-3H3. The molecule has 0 atom stereocenters. The van der Waals surface area contributed by atoms with Gasteiger partial charge in [0.1, 0.15) is 5.75 Å². The highest BCUT2D eigenvalue weighted by atomic mass is 35.5. The second-order valence-electron chi connectivity index (χ2n) is 6.14. The Morgan fingerprint density at radius 1 is 1.00 bits per heavy atom. The minimum atomic E-state index is -0.383. The molecule has 27 heavy (non-hydrogen) atoms. The number of ether oxygens (including phenoxy) is 1. The number of halogens is 2. The third kappa shape index (κ3) is 3.86. The van der Waals surface area contributed by atoms with Gasteiger partial charge in [-0.1, -0.05) is 49.2 Å². The van der Waals surface area contributed by atoms with Crippen LogP contribution in [0.5, 0.6) is 5.75 Å². The molecule has 1 aliphatic heterocycles. The normalized spacial score (nSPS) is 14.5. The zero-order valence-corrected chi connectivity index (χ0v) is 17.3. The Morgan fingerprint density at radius 2 is 1.67 bits per heavy atom. The van der Waals surface area contributed by atoms with E-state index in [-0.39, 0.29) is 17.1 Å². The van der Waals surface area contributed by atoms with Crippen molar-refractivity contribution in [3.05, 3.63) is 63.0 Å². The first-order valence-corrected chi connectivity index (χ1v) is 9.86. The molecule has 140 valence electrons. The number of rotatable bonds is 5. The van der Waals surface area contributed by atoms with Crippen molar-refractivity contribution < 1.29 is 14.3 Å². The van der Waals surface area contributed by atoms with Crippen LogP contribution in [0.3, 0.4) is 0 Å². The van der Waals surface area contributed by atoms with E-state index in [4.69, 9.17) is 27.9 Å². The molecule has 0 aliphatic carbocycles. The van der Waals surface area contributed by atoms with Crippen molar-refractivity contribution in [2.24, 2.45) is 0 Å². The van der Waals surface area contributed by atoms with E-state index in [0.717, 1.165) is 4.90 Å². The van der Waals surface area contributed by atoms with Crippen molar-refractivity contribution in [2.45, 2.75) is 19.1 Å². The van der Waals surface area contributed by atoms with Gasteiger partial charge in [-0.25, -0.2) is 4.90 Å². The molecule has 4 nitrogen and oxygen atoms in total. The maximum atomic E-state index is 13.2. The van der Waals surface area contributed by atoms with Gasteiger partial charge in [0.15, 0.2) is 0 Å². The van der Waals surface area contributed by atoms with Crippen molar-refractivity contribution in [3.8, 4) is 5.75 Å². The summed E-state index contributed by atoms with van der Waals surface area (Å²) in [6, 6.07) is 11.7. The molecule has 0 fully saturated rings. The van der Waals surface area contributed by atoms with Gasteiger partial charge in [0.25, 0.3) is 11.8 Å². The summed E-state index contributed by atoms with van der Waals surface area (Å²) in [6.07, 6.45) is 0. The van der Waals surface area contributed by atoms with Gasteiger partial charge in [0, 0.05) is 10.3 Å². The summed E-state index contributed by atoms with van der Waals surface area (Å²) in [4.78, 5) is 27.9. The van der Waals surface area contributed by atoms with E-state index in [2.05, 4.69) is 0 Å². The molecule has 0 saturated carbocycles. The first-order chi connectivity index (χ1) is 12.8. The molecule has 2 aromatic rings. The van der Waals surface area contributed by atoms with Crippen molar-refractivity contribution in [3.63, 3.8) is 0 Å². The number of anilines is 1. The molecule has 0 radical (unpaired) electrons. The summed E-state index contributed by atoms with van der Waals surface area (Å²) in [7, 11) is 1.50. The Hall–Kier alpha value is -1.95. The van der Waals surface area contributed by atoms with Crippen LogP contribution in [0.15, 0.2) is 47.4 Å². The van der Waals surface area contributed by atoms with Crippen LogP contribution >= 0.6 is 35.0 Å². The van der Waals surface area contributed by atoms with Gasteiger partial charge in [0.2, 0.25) is 0 Å². The predicted molar refractivity (Wildman–Crippen MR) is 112 cm³/mol. The summed E-state index contributed by atoms with van der Waals surface area (Å²) in [5, 5.41) is 1.03. The lowest BCUT2D eigenvalue weighted by Crippen LogP contribution is -2.31. The van der Waals surface area contributed by atoms with Gasteiger partial charge >= 0.3 is 0 Å². The zero-order valence-electron chi connectivity index (χ0n) is 15.0. The molecular formula is C20H17Cl2NO3S. The smallest absolute Gasteiger partial charge is 0.272 e. The van der Waals surface area contributed by atoms with E-state index >= 15 is 0 Å². The third-order valence-corrected chi connectivity index (χ3v) is 5.55. The van der Waals surface area contributed by atoms with Crippen molar-refractivity contribution in [1.29, 1.82) is 0 Å². The largest absolute Gasteiger partial charge is 0.495 e. The van der Waals surface area contributed by atoms with Crippen LogP contribution in [0, 0.1) is 0 Å². The molecule has 0 saturated heterocycles. The fraction of sp³-hybridized carbons (Fsp3) is 0.200. The van der Waals surface area contributed by atoms with E-state index in [1.54, 1.807) is 42.5 Å². The first-order valence-electron chi connectivity index (χ1n) is 8.22. The van der Waals surface area contributed by atoms with Gasteiger partial charge < -0.3 is 4.74 Å². The minimum Gasteiger partial charge on any atom is -0.495 e. The van der Waals surface area contributed by atoms with Crippen LogP contribution in [-0.2, 0) is 9.59 Å². The number of imide groups is 1. The molecule has 0 bridgehead atoms. The van der Waals surface area contributed by atoms with Crippen LogP contribution in [0.2, 0.25) is 10.0 Å². The van der Waals surface area contributed by atoms with E-state index in [0.29, 0.717) is 37.5 Å². The average Bonchev–Trinajstić information content (AvgIpc) is 2.85. The van der Waals surface area contributed by atoms with E-state index < -0.39 is 0 Å². The van der Waals surface area contributed by atoms with Crippen molar-refractivity contribution in [1.82, 2.24) is 0 Å². The Morgan fingerprint density at radius 3 is 2.22 bits per heavy atom. The highest BCUT2D eigenvalue weighted by Gasteiger charge is 2.40. The number of benzene rings is 2.